The second-order valence-corrected chi connectivity index (χ2v) is 7.65. The number of aliphatic hydroxyl groups is 1. The van der Waals surface area contributed by atoms with Gasteiger partial charge in [-0.3, -0.25) is 9.59 Å². The first-order chi connectivity index (χ1) is 11.1. The van der Waals surface area contributed by atoms with Crippen molar-refractivity contribution in [2.45, 2.75) is 51.0 Å². The van der Waals surface area contributed by atoms with Crippen LogP contribution in [0.1, 0.15) is 45.2 Å². The smallest absolute Gasteiger partial charge is 0.258 e. The van der Waals surface area contributed by atoms with E-state index in [-0.39, 0.29) is 17.4 Å². The number of aliphatic hydroxyl groups excluding tert-OH is 1. The molecule has 1 aliphatic carbocycles. The molecule has 0 aliphatic heterocycles. The van der Waals surface area contributed by atoms with Gasteiger partial charge in [0, 0.05) is 0 Å². The van der Waals surface area contributed by atoms with Crippen molar-refractivity contribution in [2.75, 3.05) is 13.2 Å². The summed E-state index contributed by atoms with van der Waals surface area (Å²) in [4.78, 5) is 22.8. The molecule has 0 bridgehead atoms. The molecule has 1 aliphatic rings. The summed E-state index contributed by atoms with van der Waals surface area (Å²) in [6.07, 6.45) is 1.05. The van der Waals surface area contributed by atoms with Crippen molar-refractivity contribution in [2.24, 2.45) is 5.73 Å². The van der Waals surface area contributed by atoms with Crippen LogP contribution in [-0.4, -0.2) is 36.2 Å². The maximum Gasteiger partial charge on any atom is 0.258 e. The fourth-order valence-electron chi connectivity index (χ4n) is 3.65. The molecule has 0 radical (unpaired) electrons. The van der Waals surface area contributed by atoms with E-state index in [4.69, 9.17) is 15.6 Å². The van der Waals surface area contributed by atoms with Crippen LogP contribution in [0.15, 0.2) is 18.2 Å². The molecule has 1 atom stereocenters. The van der Waals surface area contributed by atoms with Crippen LogP contribution in [0, 0.1) is 0 Å². The van der Waals surface area contributed by atoms with E-state index in [1.54, 1.807) is 0 Å². The Morgan fingerprint density at radius 2 is 1.88 bits per heavy atom. The monoisotopic (exact) mass is 334 g/mol. The number of hydrogen-bond acceptors (Lipinski definition) is 4. The molecular weight excluding hydrogens is 308 g/mol. The van der Waals surface area contributed by atoms with Gasteiger partial charge in [0.2, 0.25) is 5.91 Å². The molecule has 6 nitrogen and oxygen atoms in total. The minimum atomic E-state index is -1.10. The van der Waals surface area contributed by atoms with Crippen LogP contribution in [0.25, 0.3) is 0 Å². The Morgan fingerprint density at radius 3 is 2.46 bits per heavy atom. The number of ether oxygens (including phenoxy) is 1. The minimum Gasteiger partial charge on any atom is -0.484 e. The molecule has 6 heteroatoms. The highest BCUT2D eigenvalue weighted by Crippen LogP contribution is 2.50. The summed E-state index contributed by atoms with van der Waals surface area (Å²) in [5, 5.41) is 11.3. The molecule has 0 saturated heterocycles. The summed E-state index contributed by atoms with van der Waals surface area (Å²) < 4.78 is 5.53. The van der Waals surface area contributed by atoms with E-state index < -0.39 is 24.5 Å². The molecule has 24 heavy (non-hydrogen) atoms. The fourth-order valence-corrected chi connectivity index (χ4v) is 3.65. The van der Waals surface area contributed by atoms with Crippen LogP contribution < -0.4 is 15.8 Å². The molecule has 132 valence electrons. The third-order valence-corrected chi connectivity index (χ3v) is 4.56. The van der Waals surface area contributed by atoms with Gasteiger partial charge in [-0.25, -0.2) is 0 Å². The number of nitrogens with one attached hydrogen (secondary N) is 1. The van der Waals surface area contributed by atoms with Crippen molar-refractivity contribution in [1.29, 1.82) is 0 Å². The predicted molar refractivity (Wildman–Crippen MR) is 90.8 cm³/mol. The standard InChI is InChI=1S/C18H26N2O4/c1-17(2)10-18(3,4)13-7-11(5-6-12(13)17)24-9-15(22)20-14(8-21)16(19)23/h5-7,14,21H,8-10H2,1-4H3,(H2,19,23)(H,20,22). The van der Waals surface area contributed by atoms with Gasteiger partial charge in [0.1, 0.15) is 11.8 Å². The Labute approximate surface area is 142 Å². The van der Waals surface area contributed by atoms with Gasteiger partial charge in [-0.1, -0.05) is 33.8 Å². The maximum atomic E-state index is 11.8. The van der Waals surface area contributed by atoms with E-state index >= 15 is 0 Å². The summed E-state index contributed by atoms with van der Waals surface area (Å²) >= 11 is 0. The SMILES string of the molecule is CC1(C)CC(C)(C)c2cc(OCC(=O)NC(CO)C(N)=O)ccc21. The Morgan fingerprint density at radius 1 is 1.25 bits per heavy atom. The van der Waals surface area contributed by atoms with Crippen LogP contribution in [0.5, 0.6) is 5.75 Å². The topological polar surface area (TPSA) is 102 Å². The third kappa shape index (κ3) is 3.70. The number of carbonyl (C=O) groups is 2. The highest BCUT2D eigenvalue weighted by molar-refractivity contribution is 5.87. The number of amides is 2. The number of carbonyl (C=O) groups excluding carboxylic acids is 2. The molecule has 0 spiro atoms. The van der Waals surface area contributed by atoms with Gasteiger partial charge in [0.25, 0.3) is 5.91 Å². The van der Waals surface area contributed by atoms with Crippen LogP contribution in [0.4, 0.5) is 0 Å². The average molecular weight is 334 g/mol. The first-order valence-corrected chi connectivity index (χ1v) is 8.04. The fraction of sp³-hybridized carbons (Fsp3) is 0.556. The number of benzene rings is 1. The number of fused-ring (bicyclic) bond motifs is 1. The van der Waals surface area contributed by atoms with E-state index in [9.17, 15) is 9.59 Å². The van der Waals surface area contributed by atoms with Gasteiger partial charge in [-0.2, -0.15) is 0 Å². The van der Waals surface area contributed by atoms with Gasteiger partial charge >= 0.3 is 0 Å². The highest BCUT2D eigenvalue weighted by atomic mass is 16.5. The summed E-state index contributed by atoms with van der Waals surface area (Å²) in [5.74, 6) is -0.686. The average Bonchev–Trinajstić information content (AvgIpc) is 2.67. The zero-order valence-electron chi connectivity index (χ0n) is 14.7. The molecule has 1 aromatic carbocycles. The van der Waals surface area contributed by atoms with Gasteiger partial charge in [-0.05, 0) is 40.5 Å². The van der Waals surface area contributed by atoms with Crippen LogP contribution in [0.2, 0.25) is 0 Å². The van der Waals surface area contributed by atoms with Crippen LogP contribution in [-0.2, 0) is 20.4 Å². The van der Waals surface area contributed by atoms with Crippen LogP contribution >= 0.6 is 0 Å². The van der Waals surface area contributed by atoms with E-state index in [2.05, 4.69) is 39.1 Å². The molecule has 1 unspecified atom stereocenters. The maximum absolute atomic E-state index is 11.8. The van der Waals surface area contributed by atoms with E-state index in [0.29, 0.717) is 5.75 Å². The van der Waals surface area contributed by atoms with Crippen molar-refractivity contribution in [3.05, 3.63) is 29.3 Å². The van der Waals surface area contributed by atoms with E-state index in [0.717, 1.165) is 6.42 Å². The Kier molecular flexibility index (Phi) is 4.90. The molecule has 0 heterocycles. The zero-order valence-corrected chi connectivity index (χ0v) is 14.7. The zero-order chi connectivity index (χ0) is 18.1. The molecule has 0 saturated carbocycles. The lowest BCUT2D eigenvalue weighted by Gasteiger charge is -2.22. The van der Waals surface area contributed by atoms with Crippen molar-refractivity contribution in [3.63, 3.8) is 0 Å². The predicted octanol–water partition coefficient (Wildman–Crippen LogP) is 0.987. The largest absolute Gasteiger partial charge is 0.484 e. The molecule has 0 fully saturated rings. The summed E-state index contributed by atoms with van der Waals surface area (Å²) in [5.41, 5.74) is 7.77. The third-order valence-electron chi connectivity index (χ3n) is 4.56. The molecule has 1 aromatic rings. The lowest BCUT2D eigenvalue weighted by atomic mass is 9.82. The molecule has 2 amide bonds. The summed E-state index contributed by atoms with van der Waals surface area (Å²) in [6, 6.07) is 4.79. The molecule has 4 N–H and O–H groups in total. The van der Waals surface area contributed by atoms with Crippen molar-refractivity contribution >= 4 is 11.8 Å². The number of nitrogens with two attached hydrogens (primary N) is 1. The van der Waals surface area contributed by atoms with E-state index in [1.807, 2.05) is 12.1 Å². The number of primary amides is 1. The van der Waals surface area contributed by atoms with Crippen molar-refractivity contribution in [3.8, 4) is 5.75 Å². The second-order valence-electron chi connectivity index (χ2n) is 7.65. The Bertz CT molecular complexity index is 652. The van der Waals surface area contributed by atoms with Crippen LogP contribution in [0.3, 0.4) is 0 Å². The van der Waals surface area contributed by atoms with Gasteiger partial charge in [0.15, 0.2) is 6.61 Å². The summed E-state index contributed by atoms with van der Waals surface area (Å²) in [7, 11) is 0. The quantitative estimate of drug-likeness (QED) is 0.722. The molecular formula is C18H26N2O4. The molecule has 0 aromatic heterocycles. The van der Waals surface area contributed by atoms with Crippen molar-refractivity contribution in [1.82, 2.24) is 5.32 Å². The minimum absolute atomic E-state index is 0.0500. The first-order valence-electron chi connectivity index (χ1n) is 8.04. The normalized spacial score (nSPS) is 18.5. The van der Waals surface area contributed by atoms with Crippen molar-refractivity contribution < 1.29 is 19.4 Å². The number of rotatable bonds is 6. The molecule has 2 rings (SSSR count). The first kappa shape index (κ1) is 18.3. The lowest BCUT2D eigenvalue weighted by Crippen LogP contribution is -2.48. The summed E-state index contributed by atoms with van der Waals surface area (Å²) in [6.45, 7) is 8.09. The van der Waals surface area contributed by atoms with E-state index in [1.165, 1.54) is 11.1 Å². The van der Waals surface area contributed by atoms with Gasteiger partial charge in [-0.15, -0.1) is 0 Å². The Balaban J connectivity index is 2.05. The second kappa shape index (κ2) is 6.43. The van der Waals surface area contributed by atoms with Gasteiger partial charge < -0.3 is 20.9 Å². The van der Waals surface area contributed by atoms with Gasteiger partial charge in [0.05, 0.1) is 6.61 Å². The number of hydrogen-bond donors (Lipinski definition) is 3. The lowest BCUT2D eigenvalue weighted by molar-refractivity contribution is -0.129. The highest BCUT2D eigenvalue weighted by Gasteiger charge is 2.41. The Hall–Kier alpha value is -2.08.